The Hall–Kier alpha value is -1.77. The van der Waals surface area contributed by atoms with Crippen LogP contribution in [0.2, 0.25) is 0 Å². The first-order valence-corrected chi connectivity index (χ1v) is 9.15. The first-order chi connectivity index (χ1) is 12.6. The van der Waals surface area contributed by atoms with Crippen molar-refractivity contribution in [3.63, 3.8) is 0 Å². The predicted octanol–water partition coefficient (Wildman–Crippen LogP) is 1.50. The molecule has 3 atom stereocenters. The molecule has 3 rings (SSSR count). The largest absolute Gasteiger partial charge is 0.465 e. The standard InChI is InChI=1S/C18H26F2N4O2/c1-2-26-18(25)17-12(9-21-23-17)10-24-7-3-4-14(11-24)22-13-5-6-15(19)16(20)8-13/h5-6,8,12,14,17,21-23H,2-4,7,9-11H2,1H3. The number of anilines is 1. The summed E-state index contributed by atoms with van der Waals surface area (Å²) < 4.78 is 31.6. The lowest BCUT2D eigenvalue weighted by Crippen LogP contribution is -2.48. The summed E-state index contributed by atoms with van der Waals surface area (Å²) in [6.07, 6.45) is 1.98. The summed E-state index contributed by atoms with van der Waals surface area (Å²) in [4.78, 5) is 14.4. The number of likely N-dealkylation sites (tertiary alicyclic amines) is 1. The van der Waals surface area contributed by atoms with Crippen molar-refractivity contribution >= 4 is 11.7 Å². The van der Waals surface area contributed by atoms with E-state index in [9.17, 15) is 13.6 Å². The third-order valence-electron chi connectivity index (χ3n) is 4.92. The Bertz CT molecular complexity index is 631. The lowest BCUT2D eigenvalue weighted by atomic mass is 9.98. The van der Waals surface area contributed by atoms with Gasteiger partial charge in [0.1, 0.15) is 6.04 Å². The predicted molar refractivity (Wildman–Crippen MR) is 94.5 cm³/mol. The summed E-state index contributed by atoms with van der Waals surface area (Å²) in [6, 6.07) is 3.71. The molecule has 8 heteroatoms. The van der Waals surface area contributed by atoms with Gasteiger partial charge in [-0.1, -0.05) is 0 Å². The quantitative estimate of drug-likeness (QED) is 0.662. The van der Waals surface area contributed by atoms with E-state index in [-0.39, 0.29) is 24.0 Å². The van der Waals surface area contributed by atoms with E-state index < -0.39 is 11.6 Å². The number of rotatable bonds is 6. The van der Waals surface area contributed by atoms with Crippen LogP contribution in [0.1, 0.15) is 19.8 Å². The highest BCUT2D eigenvalue weighted by atomic mass is 19.2. The molecule has 2 fully saturated rings. The molecule has 6 nitrogen and oxygen atoms in total. The number of hydrogen-bond donors (Lipinski definition) is 3. The zero-order valence-electron chi connectivity index (χ0n) is 14.9. The van der Waals surface area contributed by atoms with Crippen molar-refractivity contribution in [3.8, 4) is 0 Å². The second-order valence-electron chi connectivity index (χ2n) is 6.89. The number of hydrazine groups is 1. The molecule has 2 heterocycles. The van der Waals surface area contributed by atoms with Gasteiger partial charge in [-0.2, -0.15) is 0 Å². The van der Waals surface area contributed by atoms with E-state index in [4.69, 9.17) is 4.74 Å². The zero-order valence-corrected chi connectivity index (χ0v) is 14.9. The third kappa shape index (κ3) is 4.69. The number of piperidine rings is 1. The Labute approximate surface area is 152 Å². The van der Waals surface area contributed by atoms with Crippen LogP contribution in [0.25, 0.3) is 0 Å². The van der Waals surface area contributed by atoms with Crippen LogP contribution >= 0.6 is 0 Å². The van der Waals surface area contributed by atoms with Gasteiger partial charge in [0.15, 0.2) is 11.6 Å². The second kappa shape index (κ2) is 8.75. The molecule has 2 saturated heterocycles. The topological polar surface area (TPSA) is 65.6 Å². The molecule has 1 aromatic carbocycles. The molecule has 0 spiro atoms. The maximum Gasteiger partial charge on any atom is 0.324 e. The van der Waals surface area contributed by atoms with Gasteiger partial charge < -0.3 is 15.0 Å². The minimum Gasteiger partial charge on any atom is -0.465 e. The zero-order chi connectivity index (χ0) is 18.5. The summed E-state index contributed by atoms with van der Waals surface area (Å²) in [5, 5.41) is 3.29. The van der Waals surface area contributed by atoms with Crippen LogP contribution in [0.5, 0.6) is 0 Å². The Kier molecular flexibility index (Phi) is 6.39. The van der Waals surface area contributed by atoms with Gasteiger partial charge >= 0.3 is 5.97 Å². The van der Waals surface area contributed by atoms with Gasteiger partial charge in [-0.15, -0.1) is 0 Å². The average Bonchev–Trinajstić information content (AvgIpc) is 3.07. The molecular weight excluding hydrogens is 342 g/mol. The van der Waals surface area contributed by atoms with E-state index in [0.29, 0.717) is 18.8 Å². The van der Waals surface area contributed by atoms with Crippen molar-refractivity contribution in [2.75, 3.05) is 38.1 Å². The number of nitrogens with zero attached hydrogens (tertiary/aromatic N) is 1. The van der Waals surface area contributed by atoms with Gasteiger partial charge in [0.05, 0.1) is 6.61 Å². The molecule has 3 N–H and O–H groups in total. The lowest BCUT2D eigenvalue weighted by molar-refractivity contribution is -0.146. The van der Waals surface area contributed by atoms with Gasteiger partial charge in [0, 0.05) is 43.3 Å². The Balaban J connectivity index is 1.54. The highest BCUT2D eigenvalue weighted by Gasteiger charge is 2.35. The summed E-state index contributed by atoms with van der Waals surface area (Å²) in [5.74, 6) is -1.78. The van der Waals surface area contributed by atoms with Crippen LogP contribution in [0.4, 0.5) is 14.5 Å². The molecule has 0 aliphatic carbocycles. The van der Waals surface area contributed by atoms with E-state index in [0.717, 1.165) is 38.5 Å². The van der Waals surface area contributed by atoms with Crippen LogP contribution in [0.3, 0.4) is 0 Å². The number of carbonyl (C=O) groups is 1. The van der Waals surface area contributed by atoms with Crippen molar-refractivity contribution in [3.05, 3.63) is 29.8 Å². The Morgan fingerprint density at radius 1 is 1.38 bits per heavy atom. The summed E-state index contributed by atoms with van der Waals surface area (Å²) in [5.41, 5.74) is 6.63. The molecule has 26 heavy (non-hydrogen) atoms. The normalized spacial score (nSPS) is 26.7. The number of ether oxygens (including phenoxy) is 1. The molecule has 2 aliphatic heterocycles. The van der Waals surface area contributed by atoms with Gasteiger partial charge in [0.2, 0.25) is 0 Å². The minimum atomic E-state index is -0.844. The van der Waals surface area contributed by atoms with E-state index >= 15 is 0 Å². The third-order valence-corrected chi connectivity index (χ3v) is 4.92. The minimum absolute atomic E-state index is 0.135. The summed E-state index contributed by atoms with van der Waals surface area (Å²) >= 11 is 0. The number of halogens is 2. The van der Waals surface area contributed by atoms with Crippen molar-refractivity contribution < 1.29 is 18.3 Å². The number of carbonyl (C=O) groups excluding carboxylic acids is 1. The number of esters is 1. The first-order valence-electron chi connectivity index (χ1n) is 9.15. The van der Waals surface area contributed by atoms with E-state index in [1.54, 1.807) is 13.0 Å². The average molecular weight is 368 g/mol. The van der Waals surface area contributed by atoms with Crippen molar-refractivity contribution in [1.82, 2.24) is 15.8 Å². The highest BCUT2D eigenvalue weighted by molar-refractivity contribution is 5.76. The smallest absolute Gasteiger partial charge is 0.324 e. The summed E-state index contributed by atoms with van der Waals surface area (Å²) in [6.45, 7) is 5.41. The molecule has 0 radical (unpaired) electrons. The van der Waals surface area contributed by atoms with E-state index in [1.165, 1.54) is 6.07 Å². The van der Waals surface area contributed by atoms with Gasteiger partial charge in [-0.25, -0.2) is 14.2 Å². The maximum absolute atomic E-state index is 13.4. The number of nitrogens with one attached hydrogen (secondary N) is 3. The second-order valence-corrected chi connectivity index (χ2v) is 6.89. The van der Waals surface area contributed by atoms with E-state index in [2.05, 4.69) is 21.1 Å². The van der Waals surface area contributed by atoms with Gasteiger partial charge in [0.25, 0.3) is 0 Å². The molecule has 0 aromatic heterocycles. The maximum atomic E-state index is 13.4. The molecule has 0 bridgehead atoms. The monoisotopic (exact) mass is 368 g/mol. The van der Waals surface area contributed by atoms with Gasteiger partial charge in [-0.3, -0.25) is 10.2 Å². The lowest BCUT2D eigenvalue weighted by Gasteiger charge is -2.35. The van der Waals surface area contributed by atoms with Crippen LogP contribution in [-0.4, -0.2) is 55.7 Å². The van der Waals surface area contributed by atoms with Crippen LogP contribution in [0.15, 0.2) is 18.2 Å². The Morgan fingerprint density at radius 2 is 2.23 bits per heavy atom. The number of hydrogen-bond acceptors (Lipinski definition) is 6. The van der Waals surface area contributed by atoms with Crippen molar-refractivity contribution in [1.29, 1.82) is 0 Å². The summed E-state index contributed by atoms with van der Waals surface area (Å²) in [7, 11) is 0. The fourth-order valence-corrected chi connectivity index (χ4v) is 3.68. The fraction of sp³-hybridized carbons (Fsp3) is 0.611. The molecule has 0 amide bonds. The van der Waals surface area contributed by atoms with Crippen LogP contribution < -0.4 is 16.2 Å². The SMILES string of the molecule is CCOC(=O)C1NNCC1CN1CCCC(Nc2ccc(F)c(F)c2)C1. The molecule has 1 aromatic rings. The molecule has 3 unspecified atom stereocenters. The van der Waals surface area contributed by atoms with E-state index in [1.807, 2.05) is 0 Å². The molecular formula is C18H26F2N4O2. The van der Waals surface area contributed by atoms with Crippen molar-refractivity contribution in [2.24, 2.45) is 5.92 Å². The van der Waals surface area contributed by atoms with Crippen LogP contribution in [0, 0.1) is 17.6 Å². The van der Waals surface area contributed by atoms with Crippen molar-refractivity contribution in [2.45, 2.75) is 31.8 Å². The number of benzene rings is 1. The Morgan fingerprint density at radius 3 is 3.00 bits per heavy atom. The molecule has 144 valence electrons. The molecule has 2 aliphatic rings. The first kappa shape index (κ1) is 19.0. The van der Waals surface area contributed by atoms with Crippen LogP contribution in [-0.2, 0) is 9.53 Å². The molecule has 0 saturated carbocycles. The highest BCUT2D eigenvalue weighted by Crippen LogP contribution is 2.20. The fourth-order valence-electron chi connectivity index (χ4n) is 3.68. The van der Waals surface area contributed by atoms with Gasteiger partial charge in [-0.05, 0) is 38.4 Å².